The molecule has 0 aromatic heterocycles. The van der Waals surface area contributed by atoms with Crippen molar-refractivity contribution in [2.75, 3.05) is 11.9 Å². The Labute approximate surface area is 146 Å². The van der Waals surface area contributed by atoms with Gasteiger partial charge in [-0.15, -0.1) is 0 Å². The van der Waals surface area contributed by atoms with Crippen LogP contribution in [0.2, 0.25) is 10.0 Å². The number of benzene rings is 2. The summed E-state index contributed by atoms with van der Waals surface area (Å²) in [5.74, 6) is 0.563. The van der Waals surface area contributed by atoms with Crippen LogP contribution in [-0.4, -0.2) is 12.5 Å². The number of rotatable bonds is 7. The van der Waals surface area contributed by atoms with E-state index in [2.05, 4.69) is 12.2 Å². The van der Waals surface area contributed by atoms with E-state index >= 15 is 0 Å². The summed E-state index contributed by atoms with van der Waals surface area (Å²) in [6, 6.07) is 12.0. The molecule has 23 heavy (non-hydrogen) atoms. The van der Waals surface area contributed by atoms with Crippen molar-refractivity contribution in [3.8, 4) is 5.75 Å². The van der Waals surface area contributed by atoms with Gasteiger partial charge < -0.3 is 10.1 Å². The number of hydrogen-bond acceptors (Lipinski definition) is 2. The number of anilines is 1. The largest absolute Gasteiger partial charge is 0.494 e. The minimum atomic E-state index is -0.207. The highest BCUT2D eigenvalue weighted by atomic mass is 35.5. The molecule has 1 amide bonds. The van der Waals surface area contributed by atoms with Crippen LogP contribution >= 0.6 is 23.2 Å². The quantitative estimate of drug-likeness (QED) is 0.638. The molecule has 0 saturated carbocycles. The van der Waals surface area contributed by atoms with Crippen molar-refractivity contribution in [1.29, 1.82) is 0 Å². The van der Waals surface area contributed by atoms with Crippen LogP contribution in [0.4, 0.5) is 5.69 Å². The Morgan fingerprint density at radius 3 is 2.43 bits per heavy atom. The first-order valence-corrected chi connectivity index (χ1v) is 8.35. The van der Waals surface area contributed by atoms with Crippen molar-refractivity contribution in [3.05, 3.63) is 58.1 Å². The lowest BCUT2D eigenvalue weighted by Gasteiger charge is -2.08. The Hall–Kier alpha value is -1.71. The SMILES string of the molecule is CCCCCOc1ccc(C(=O)Nc2ccc(Cl)c(Cl)c2)cc1. The van der Waals surface area contributed by atoms with Crippen LogP contribution in [0, 0.1) is 0 Å². The molecule has 0 heterocycles. The summed E-state index contributed by atoms with van der Waals surface area (Å²) in [6.45, 7) is 2.85. The molecule has 0 atom stereocenters. The first kappa shape index (κ1) is 17.6. The van der Waals surface area contributed by atoms with E-state index in [1.807, 2.05) is 0 Å². The summed E-state index contributed by atoms with van der Waals surface area (Å²) < 4.78 is 5.63. The summed E-state index contributed by atoms with van der Waals surface area (Å²) >= 11 is 11.8. The predicted octanol–water partition coefficient (Wildman–Crippen LogP) is 5.81. The maximum Gasteiger partial charge on any atom is 0.255 e. The summed E-state index contributed by atoms with van der Waals surface area (Å²) in [7, 11) is 0. The van der Waals surface area contributed by atoms with Gasteiger partial charge in [0.25, 0.3) is 5.91 Å². The van der Waals surface area contributed by atoms with E-state index in [-0.39, 0.29) is 5.91 Å². The number of unbranched alkanes of at least 4 members (excludes halogenated alkanes) is 2. The molecule has 0 bridgehead atoms. The van der Waals surface area contributed by atoms with Crippen molar-refractivity contribution >= 4 is 34.8 Å². The van der Waals surface area contributed by atoms with E-state index in [1.165, 1.54) is 0 Å². The van der Waals surface area contributed by atoms with Crippen molar-refractivity contribution < 1.29 is 9.53 Å². The normalized spacial score (nSPS) is 10.4. The maximum absolute atomic E-state index is 12.2. The molecule has 0 aliphatic heterocycles. The molecule has 0 radical (unpaired) electrons. The lowest BCUT2D eigenvalue weighted by Crippen LogP contribution is -2.11. The molecule has 0 aliphatic carbocycles. The highest BCUT2D eigenvalue weighted by Gasteiger charge is 2.07. The fourth-order valence-electron chi connectivity index (χ4n) is 2.02. The molecule has 5 heteroatoms. The molecule has 2 rings (SSSR count). The van der Waals surface area contributed by atoms with Gasteiger partial charge in [0, 0.05) is 11.3 Å². The number of halogens is 2. The Morgan fingerprint density at radius 2 is 1.78 bits per heavy atom. The smallest absolute Gasteiger partial charge is 0.255 e. The number of ether oxygens (including phenoxy) is 1. The number of carbonyl (C=O) groups is 1. The Balaban J connectivity index is 1.93. The van der Waals surface area contributed by atoms with E-state index in [4.69, 9.17) is 27.9 Å². The van der Waals surface area contributed by atoms with E-state index in [1.54, 1.807) is 42.5 Å². The van der Waals surface area contributed by atoms with Crippen LogP contribution in [0.1, 0.15) is 36.5 Å². The molecular weight excluding hydrogens is 333 g/mol. The zero-order chi connectivity index (χ0) is 16.7. The lowest BCUT2D eigenvalue weighted by atomic mass is 10.2. The van der Waals surface area contributed by atoms with Gasteiger partial charge in [0.05, 0.1) is 16.7 Å². The predicted molar refractivity (Wildman–Crippen MR) is 95.9 cm³/mol. The molecule has 0 fully saturated rings. The summed E-state index contributed by atoms with van der Waals surface area (Å²) in [5.41, 5.74) is 1.15. The number of hydrogen-bond donors (Lipinski definition) is 1. The van der Waals surface area contributed by atoms with Crippen LogP contribution in [0.25, 0.3) is 0 Å². The monoisotopic (exact) mass is 351 g/mol. The molecule has 3 nitrogen and oxygen atoms in total. The molecule has 1 N–H and O–H groups in total. The van der Waals surface area contributed by atoms with E-state index in [0.717, 1.165) is 25.0 Å². The van der Waals surface area contributed by atoms with Crippen molar-refractivity contribution in [2.45, 2.75) is 26.2 Å². The van der Waals surface area contributed by atoms with Gasteiger partial charge in [-0.25, -0.2) is 0 Å². The van der Waals surface area contributed by atoms with Gasteiger partial charge in [0.1, 0.15) is 5.75 Å². The highest BCUT2D eigenvalue weighted by Crippen LogP contribution is 2.25. The van der Waals surface area contributed by atoms with E-state index < -0.39 is 0 Å². The zero-order valence-corrected chi connectivity index (χ0v) is 14.5. The van der Waals surface area contributed by atoms with Crippen LogP contribution in [0.3, 0.4) is 0 Å². The van der Waals surface area contributed by atoms with Gasteiger partial charge in [-0.05, 0) is 48.9 Å². The second-order valence-electron chi connectivity index (χ2n) is 5.16. The first-order chi connectivity index (χ1) is 11.1. The third-order valence-electron chi connectivity index (χ3n) is 3.31. The fourth-order valence-corrected chi connectivity index (χ4v) is 2.32. The molecule has 122 valence electrons. The number of amides is 1. The van der Waals surface area contributed by atoms with Gasteiger partial charge in [-0.2, -0.15) is 0 Å². The molecular formula is C18H19Cl2NO2. The topological polar surface area (TPSA) is 38.3 Å². The average molecular weight is 352 g/mol. The van der Waals surface area contributed by atoms with Gasteiger partial charge in [0.15, 0.2) is 0 Å². The van der Waals surface area contributed by atoms with E-state index in [0.29, 0.717) is 27.9 Å². The number of carbonyl (C=O) groups excluding carboxylic acids is 1. The molecule has 2 aromatic carbocycles. The highest BCUT2D eigenvalue weighted by molar-refractivity contribution is 6.42. The standard InChI is InChI=1S/C18H19Cl2NO2/c1-2-3-4-11-23-15-8-5-13(6-9-15)18(22)21-14-7-10-16(19)17(20)12-14/h5-10,12H,2-4,11H2,1H3,(H,21,22). The molecule has 2 aromatic rings. The average Bonchev–Trinajstić information content (AvgIpc) is 2.55. The van der Waals surface area contributed by atoms with Gasteiger partial charge in [0.2, 0.25) is 0 Å². The number of nitrogens with one attached hydrogen (secondary N) is 1. The Morgan fingerprint density at radius 1 is 1.04 bits per heavy atom. The second-order valence-corrected chi connectivity index (χ2v) is 5.98. The van der Waals surface area contributed by atoms with E-state index in [9.17, 15) is 4.79 Å². The van der Waals surface area contributed by atoms with Gasteiger partial charge >= 0.3 is 0 Å². The van der Waals surface area contributed by atoms with Gasteiger partial charge in [-0.1, -0.05) is 43.0 Å². The Kier molecular flexibility index (Phi) is 6.75. The third-order valence-corrected chi connectivity index (χ3v) is 4.05. The van der Waals surface area contributed by atoms with Gasteiger partial charge in [-0.3, -0.25) is 4.79 Å². The zero-order valence-electron chi connectivity index (χ0n) is 12.9. The van der Waals surface area contributed by atoms with Crippen molar-refractivity contribution in [1.82, 2.24) is 0 Å². The lowest BCUT2D eigenvalue weighted by molar-refractivity contribution is 0.102. The third kappa shape index (κ3) is 5.45. The van der Waals surface area contributed by atoms with Crippen molar-refractivity contribution in [3.63, 3.8) is 0 Å². The minimum Gasteiger partial charge on any atom is -0.494 e. The summed E-state index contributed by atoms with van der Waals surface area (Å²) in [4.78, 5) is 12.2. The molecule has 0 aliphatic rings. The summed E-state index contributed by atoms with van der Waals surface area (Å²) in [5, 5.41) is 3.64. The minimum absolute atomic E-state index is 0.207. The first-order valence-electron chi connectivity index (χ1n) is 7.59. The maximum atomic E-state index is 12.2. The van der Waals surface area contributed by atoms with Crippen LogP contribution in [-0.2, 0) is 0 Å². The molecule has 0 spiro atoms. The van der Waals surface area contributed by atoms with Crippen molar-refractivity contribution in [2.24, 2.45) is 0 Å². The Bertz CT molecular complexity index is 657. The second kappa shape index (κ2) is 8.80. The summed E-state index contributed by atoms with van der Waals surface area (Å²) in [6.07, 6.45) is 3.36. The fraction of sp³-hybridized carbons (Fsp3) is 0.278. The molecule has 0 unspecified atom stereocenters. The van der Waals surface area contributed by atoms with Crippen LogP contribution in [0.15, 0.2) is 42.5 Å². The van der Waals surface area contributed by atoms with Crippen LogP contribution < -0.4 is 10.1 Å². The molecule has 0 saturated heterocycles. The van der Waals surface area contributed by atoms with Crippen LogP contribution in [0.5, 0.6) is 5.75 Å².